The molecule has 0 atom stereocenters. The van der Waals surface area contributed by atoms with Crippen LogP contribution in [0.2, 0.25) is 0 Å². The Bertz CT molecular complexity index is 441. The van der Waals surface area contributed by atoms with Gasteiger partial charge in [0.25, 0.3) is 0 Å². The van der Waals surface area contributed by atoms with Gasteiger partial charge in [0, 0.05) is 30.4 Å². The molecule has 2 heterocycles. The van der Waals surface area contributed by atoms with Gasteiger partial charge in [-0.3, -0.25) is 0 Å². The number of rotatable bonds is 6. The minimum Gasteiger partial charge on any atom is -0.396 e. The maximum atomic E-state index is 8.67. The topological polar surface area (TPSA) is 45.1 Å². The van der Waals surface area contributed by atoms with Crippen molar-refractivity contribution in [2.45, 2.75) is 19.3 Å². The van der Waals surface area contributed by atoms with Crippen molar-refractivity contribution in [1.29, 1.82) is 0 Å². The highest BCUT2D eigenvalue weighted by atomic mass is 32.1. The number of unbranched alkanes of at least 4 members (excludes halogenated alkanes) is 2. The van der Waals surface area contributed by atoms with Crippen LogP contribution in [-0.2, 0) is 0 Å². The summed E-state index contributed by atoms with van der Waals surface area (Å²) in [7, 11) is 0. The number of hydrogen-bond acceptors (Lipinski definition) is 4. The predicted octanol–water partition coefficient (Wildman–Crippen LogP) is 2.87. The molecule has 0 aromatic carbocycles. The normalized spacial score (nSPS) is 10.8. The Kier molecular flexibility index (Phi) is 4.13. The van der Waals surface area contributed by atoms with Gasteiger partial charge in [-0.25, -0.2) is 4.98 Å². The van der Waals surface area contributed by atoms with E-state index in [2.05, 4.69) is 21.7 Å². The number of anilines is 1. The zero-order chi connectivity index (χ0) is 11.2. The Balaban J connectivity index is 1.91. The summed E-state index contributed by atoms with van der Waals surface area (Å²) in [4.78, 5) is 5.39. The van der Waals surface area contributed by atoms with E-state index in [0.29, 0.717) is 6.61 Å². The first-order valence-corrected chi connectivity index (χ1v) is 6.47. The number of thiophene rings is 1. The van der Waals surface area contributed by atoms with Crippen LogP contribution in [0.1, 0.15) is 19.3 Å². The number of nitrogens with one attached hydrogen (secondary N) is 1. The van der Waals surface area contributed by atoms with Crippen molar-refractivity contribution in [3.63, 3.8) is 0 Å². The van der Waals surface area contributed by atoms with Gasteiger partial charge >= 0.3 is 0 Å². The highest BCUT2D eigenvalue weighted by Crippen LogP contribution is 2.25. The van der Waals surface area contributed by atoms with E-state index in [-0.39, 0.29) is 0 Å². The average Bonchev–Trinajstić information content (AvgIpc) is 2.77. The van der Waals surface area contributed by atoms with Crippen molar-refractivity contribution in [3.8, 4) is 0 Å². The first-order valence-electron chi connectivity index (χ1n) is 5.59. The van der Waals surface area contributed by atoms with Crippen LogP contribution in [0.15, 0.2) is 23.7 Å². The molecule has 4 heteroatoms. The summed E-state index contributed by atoms with van der Waals surface area (Å²) in [6, 6.07) is 4.12. The van der Waals surface area contributed by atoms with Gasteiger partial charge in [-0.2, -0.15) is 0 Å². The summed E-state index contributed by atoms with van der Waals surface area (Å²) in [5, 5.41) is 15.4. The predicted molar refractivity (Wildman–Crippen MR) is 69.0 cm³/mol. The summed E-state index contributed by atoms with van der Waals surface area (Å²) in [6.07, 6.45) is 4.90. The van der Waals surface area contributed by atoms with Crippen LogP contribution in [0.3, 0.4) is 0 Å². The van der Waals surface area contributed by atoms with Gasteiger partial charge in [0.15, 0.2) is 0 Å². The number of pyridine rings is 1. The maximum absolute atomic E-state index is 8.67. The largest absolute Gasteiger partial charge is 0.396 e. The Hall–Kier alpha value is -1.13. The van der Waals surface area contributed by atoms with E-state index in [9.17, 15) is 0 Å². The minimum absolute atomic E-state index is 0.296. The molecule has 0 spiro atoms. The second kappa shape index (κ2) is 5.82. The Labute approximate surface area is 99.1 Å². The summed E-state index contributed by atoms with van der Waals surface area (Å²) in [6.45, 7) is 1.25. The number of aliphatic hydroxyl groups is 1. The summed E-state index contributed by atoms with van der Waals surface area (Å²) >= 11 is 1.66. The van der Waals surface area contributed by atoms with Crippen LogP contribution in [-0.4, -0.2) is 23.2 Å². The van der Waals surface area contributed by atoms with Crippen molar-refractivity contribution in [1.82, 2.24) is 4.98 Å². The van der Waals surface area contributed by atoms with Gasteiger partial charge < -0.3 is 10.4 Å². The smallest absolute Gasteiger partial charge is 0.125 e. The molecule has 0 aliphatic heterocycles. The monoisotopic (exact) mass is 236 g/mol. The van der Waals surface area contributed by atoms with E-state index in [4.69, 9.17) is 5.11 Å². The first-order chi connectivity index (χ1) is 7.92. The van der Waals surface area contributed by atoms with E-state index in [1.54, 1.807) is 11.3 Å². The molecule has 0 fully saturated rings. The number of nitrogens with zero attached hydrogens (tertiary/aromatic N) is 1. The summed E-state index contributed by atoms with van der Waals surface area (Å²) < 4.78 is 0. The van der Waals surface area contributed by atoms with E-state index >= 15 is 0 Å². The Morgan fingerprint density at radius 2 is 2.19 bits per heavy atom. The molecule has 0 aliphatic carbocycles. The van der Waals surface area contributed by atoms with Crippen LogP contribution < -0.4 is 5.32 Å². The molecule has 0 bridgehead atoms. The molecule has 2 rings (SSSR count). The second-order valence-electron chi connectivity index (χ2n) is 3.71. The van der Waals surface area contributed by atoms with Crippen molar-refractivity contribution < 1.29 is 5.11 Å². The fourth-order valence-electron chi connectivity index (χ4n) is 1.67. The number of aromatic nitrogens is 1. The lowest BCUT2D eigenvalue weighted by Crippen LogP contribution is -2.02. The molecule has 2 aromatic rings. The van der Waals surface area contributed by atoms with E-state index in [1.807, 2.05) is 12.3 Å². The molecule has 86 valence electrons. The molecule has 16 heavy (non-hydrogen) atoms. The van der Waals surface area contributed by atoms with Crippen LogP contribution in [0.5, 0.6) is 0 Å². The fraction of sp³-hybridized carbons (Fsp3) is 0.417. The lowest BCUT2D eigenvalue weighted by atomic mass is 10.2. The minimum atomic E-state index is 0.296. The third-order valence-electron chi connectivity index (χ3n) is 2.52. The average molecular weight is 236 g/mol. The molecular formula is C12H16N2OS. The van der Waals surface area contributed by atoms with Crippen molar-refractivity contribution >= 4 is 27.2 Å². The second-order valence-corrected chi connectivity index (χ2v) is 4.60. The standard InChI is InChI=1S/C12H16N2OS/c15-8-3-1-2-6-13-11-4-7-14-12-10(11)5-9-16-12/h4-5,7,9,15H,1-3,6,8H2,(H,13,14). The molecule has 2 aromatic heterocycles. The number of aliphatic hydroxyl groups excluding tert-OH is 1. The highest BCUT2D eigenvalue weighted by molar-refractivity contribution is 7.16. The Morgan fingerprint density at radius 1 is 1.25 bits per heavy atom. The molecule has 0 saturated carbocycles. The van der Waals surface area contributed by atoms with Crippen molar-refractivity contribution in [3.05, 3.63) is 23.7 Å². The maximum Gasteiger partial charge on any atom is 0.125 e. The van der Waals surface area contributed by atoms with Gasteiger partial charge in [-0.05, 0) is 36.8 Å². The highest BCUT2D eigenvalue weighted by Gasteiger charge is 2.01. The van der Waals surface area contributed by atoms with Crippen LogP contribution in [0.25, 0.3) is 10.2 Å². The van der Waals surface area contributed by atoms with Crippen molar-refractivity contribution in [2.75, 3.05) is 18.5 Å². The van der Waals surface area contributed by atoms with Crippen LogP contribution >= 0.6 is 11.3 Å². The lowest BCUT2D eigenvalue weighted by Gasteiger charge is -2.06. The quantitative estimate of drug-likeness (QED) is 0.758. The number of hydrogen-bond donors (Lipinski definition) is 2. The molecule has 0 aliphatic rings. The zero-order valence-corrected chi connectivity index (χ0v) is 9.96. The van der Waals surface area contributed by atoms with Gasteiger partial charge in [-0.15, -0.1) is 11.3 Å². The van der Waals surface area contributed by atoms with Gasteiger partial charge in [0.1, 0.15) is 4.83 Å². The molecule has 0 amide bonds. The van der Waals surface area contributed by atoms with Gasteiger partial charge in [0.05, 0.1) is 0 Å². The zero-order valence-electron chi connectivity index (χ0n) is 9.15. The van der Waals surface area contributed by atoms with Crippen LogP contribution in [0, 0.1) is 0 Å². The van der Waals surface area contributed by atoms with Gasteiger partial charge in [0.2, 0.25) is 0 Å². The lowest BCUT2D eigenvalue weighted by molar-refractivity contribution is 0.283. The van der Waals surface area contributed by atoms with Crippen LogP contribution in [0.4, 0.5) is 5.69 Å². The molecule has 3 nitrogen and oxygen atoms in total. The SMILES string of the molecule is OCCCCCNc1ccnc2sccc12. The summed E-state index contributed by atoms with van der Waals surface area (Å²) in [5.41, 5.74) is 1.16. The third kappa shape index (κ3) is 2.71. The molecular weight excluding hydrogens is 220 g/mol. The summed E-state index contributed by atoms with van der Waals surface area (Å²) in [5.74, 6) is 0. The molecule has 0 unspecified atom stereocenters. The van der Waals surface area contributed by atoms with E-state index < -0.39 is 0 Å². The Morgan fingerprint density at radius 3 is 3.06 bits per heavy atom. The van der Waals surface area contributed by atoms with E-state index in [0.717, 1.165) is 36.3 Å². The third-order valence-corrected chi connectivity index (χ3v) is 3.34. The molecule has 0 saturated heterocycles. The molecule has 0 radical (unpaired) electrons. The molecule has 2 N–H and O–H groups in total. The number of fused-ring (bicyclic) bond motifs is 1. The first kappa shape index (κ1) is 11.4. The van der Waals surface area contributed by atoms with Gasteiger partial charge in [-0.1, -0.05) is 0 Å². The van der Waals surface area contributed by atoms with Crippen molar-refractivity contribution in [2.24, 2.45) is 0 Å². The van der Waals surface area contributed by atoms with E-state index in [1.165, 1.54) is 5.39 Å². The fourth-order valence-corrected chi connectivity index (χ4v) is 2.43.